The fraction of sp³-hybridized carbons (Fsp3) is 0.867. The lowest BCUT2D eigenvalue weighted by molar-refractivity contribution is -0.130. The lowest BCUT2D eigenvalue weighted by Gasteiger charge is -2.21. The molecule has 110 valence electrons. The SMILES string of the molecule is N#C[C@@H]1CCCN1C(=O)CN[C@H]1C[C@H]2CC(O)C[C@H]2C1. The van der Waals surface area contributed by atoms with Crippen LogP contribution < -0.4 is 5.32 Å². The van der Waals surface area contributed by atoms with Crippen molar-refractivity contribution in [3.05, 3.63) is 0 Å². The fourth-order valence-corrected chi connectivity index (χ4v) is 4.28. The number of aliphatic hydroxyl groups excluding tert-OH is 1. The Hall–Kier alpha value is -1.12. The van der Waals surface area contributed by atoms with Gasteiger partial charge in [-0.2, -0.15) is 5.26 Å². The molecule has 0 aromatic heterocycles. The Morgan fingerprint density at radius 1 is 1.30 bits per heavy atom. The minimum atomic E-state index is -0.220. The Labute approximate surface area is 119 Å². The zero-order valence-corrected chi connectivity index (χ0v) is 11.8. The minimum Gasteiger partial charge on any atom is -0.393 e. The molecule has 2 saturated carbocycles. The number of nitriles is 1. The molecule has 3 rings (SSSR count). The van der Waals surface area contributed by atoms with Gasteiger partial charge in [-0.05, 0) is 50.4 Å². The van der Waals surface area contributed by atoms with E-state index >= 15 is 0 Å². The number of amides is 1. The standard InChI is InChI=1S/C15H23N3O2/c16-8-13-2-1-3-18(13)15(20)9-17-12-4-10-6-14(19)7-11(10)5-12/h10-14,17,19H,1-7,9H2/t10-,11+,12-,13-,14?/m0/s1. The van der Waals surface area contributed by atoms with Gasteiger partial charge >= 0.3 is 0 Å². The number of likely N-dealkylation sites (tertiary alicyclic amines) is 1. The maximum atomic E-state index is 12.1. The van der Waals surface area contributed by atoms with Gasteiger partial charge in [-0.15, -0.1) is 0 Å². The van der Waals surface area contributed by atoms with Crippen molar-refractivity contribution in [1.29, 1.82) is 5.26 Å². The summed E-state index contributed by atoms with van der Waals surface area (Å²) in [5, 5.41) is 22.0. The molecular formula is C15H23N3O2. The van der Waals surface area contributed by atoms with Gasteiger partial charge in [0, 0.05) is 12.6 Å². The van der Waals surface area contributed by atoms with E-state index in [1.807, 2.05) is 0 Å². The molecule has 0 bridgehead atoms. The molecule has 0 radical (unpaired) electrons. The highest BCUT2D eigenvalue weighted by atomic mass is 16.3. The quantitative estimate of drug-likeness (QED) is 0.794. The Morgan fingerprint density at radius 3 is 2.65 bits per heavy atom. The number of nitrogens with one attached hydrogen (secondary N) is 1. The third-order valence-electron chi connectivity index (χ3n) is 5.25. The Bertz CT molecular complexity index is 406. The van der Waals surface area contributed by atoms with E-state index in [9.17, 15) is 9.90 Å². The van der Waals surface area contributed by atoms with Crippen molar-refractivity contribution in [2.45, 2.75) is 56.7 Å². The second-order valence-corrected chi connectivity index (χ2v) is 6.57. The van der Waals surface area contributed by atoms with Gasteiger partial charge in [0.05, 0.1) is 18.7 Å². The normalized spacial score (nSPS) is 39.8. The second kappa shape index (κ2) is 5.71. The van der Waals surface area contributed by atoms with Crippen LogP contribution >= 0.6 is 0 Å². The van der Waals surface area contributed by atoms with E-state index in [1.165, 1.54) is 0 Å². The maximum absolute atomic E-state index is 12.1. The predicted molar refractivity (Wildman–Crippen MR) is 73.6 cm³/mol. The van der Waals surface area contributed by atoms with Crippen LogP contribution in [-0.4, -0.2) is 47.2 Å². The van der Waals surface area contributed by atoms with Crippen molar-refractivity contribution >= 4 is 5.91 Å². The molecule has 3 aliphatic rings. The molecule has 0 aromatic rings. The highest BCUT2D eigenvalue weighted by Gasteiger charge is 2.41. The summed E-state index contributed by atoms with van der Waals surface area (Å²) in [6.07, 6.45) is 5.67. The molecule has 3 fully saturated rings. The van der Waals surface area contributed by atoms with E-state index in [0.29, 0.717) is 24.4 Å². The molecule has 5 atom stereocenters. The predicted octanol–water partition coefficient (Wildman–Crippen LogP) is 0.640. The van der Waals surface area contributed by atoms with Crippen LogP contribution in [0.2, 0.25) is 0 Å². The lowest BCUT2D eigenvalue weighted by Crippen LogP contribution is -2.43. The molecule has 1 heterocycles. The van der Waals surface area contributed by atoms with Crippen molar-refractivity contribution < 1.29 is 9.90 Å². The molecule has 1 amide bonds. The van der Waals surface area contributed by atoms with Gasteiger partial charge in [-0.3, -0.25) is 4.79 Å². The van der Waals surface area contributed by atoms with Crippen LogP contribution in [0.4, 0.5) is 0 Å². The Morgan fingerprint density at radius 2 is 2.00 bits per heavy atom. The van der Waals surface area contributed by atoms with Gasteiger partial charge in [0.1, 0.15) is 6.04 Å². The van der Waals surface area contributed by atoms with Gasteiger partial charge in [-0.1, -0.05) is 0 Å². The Balaban J connectivity index is 1.44. The second-order valence-electron chi connectivity index (χ2n) is 6.57. The van der Waals surface area contributed by atoms with Crippen LogP contribution in [0.5, 0.6) is 0 Å². The van der Waals surface area contributed by atoms with Crippen LogP contribution in [0.25, 0.3) is 0 Å². The lowest BCUT2D eigenvalue weighted by atomic mass is 10.0. The molecule has 2 N–H and O–H groups in total. The van der Waals surface area contributed by atoms with Crippen molar-refractivity contribution in [2.24, 2.45) is 11.8 Å². The summed E-state index contributed by atoms with van der Waals surface area (Å²) in [5.74, 6) is 1.33. The number of hydrogen-bond donors (Lipinski definition) is 2. The summed E-state index contributed by atoms with van der Waals surface area (Å²) in [7, 11) is 0. The average molecular weight is 277 g/mol. The van der Waals surface area contributed by atoms with Crippen molar-refractivity contribution in [3.8, 4) is 6.07 Å². The van der Waals surface area contributed by atoms with Gasteiger partial charge in [0.15, 0.2) is 0 Å². The molecular weight excluding hydrogens is 254 g/mol. The monoisotopic (exact) mass is 277 g/mol. The highest BCUT2D eigenvalue weighted by Crippen LogP contribution is 2.44. The van der Waals surface area contributed by atoms with Gasteiger partial charge < -0.3 is 15.3 Å². The van der Waals surface area contributed by atoms with E-state index in [1.54, 1.807) is 4.90 Å². The molecule has 1 unspecified atom stereocenters. The third-order valence-corrected chi connectivity index (χ3v) is 5.25. The van der Waals surface area contributed by atoms with Gasteiger partial charge in [-0.25, -0.2) is 0 Å². The molecule has 0 aromatic carbocycles. The summed E-state index contributed by atoms with van der Waals surface area (Å²) in [4.78, 5) is 13.9. The summed E-state index contributed by atoms with van der Waals surface area (Å²) in [5.41, 5.74) is 0. The summed E-state index contributed by atoms with van der Waals surface area (Å²) < 4.78 is 0. The number of fused-ring (bicyclic) bond motifs is 1. The zero-order valence-electron chi connectivity index (χ0n) is 11.8. The van der Waals surface area contributed by atoms with Crippen LogP contribution in [-0.2, 0) is 4.79 Å². The molecule has 5 nitrogen and oxygen atoms in total. The molecule has 2 aliphatic carbocycles. The molecule has 0 spiro atoms. The minimum absolute atomic E-state index is 0.0612. The molecule has 20 heavy (non-hydrogen) atoms. The van der Waals surface area contributed by atoms with E-state index in [2.05, 4.69) is 11.4 Å². The number of nitrogens with zero attached hydrogens (tertiary/aromatic N) is 2. The first-order chi connectivity index (χ1) is 9.67. The van der Waals surface area contributed by atoms with Crippen LogP contribution in [0.3, 0.4) is 0 Å². The van der Waals surface area contributed by atoms with Crippen molar-refractivity contribution in [1.82, 2.24) is 10.2 Å². The van der Waals surface area contributed by atoms with Crippen LogP contribution in [0, 0.1) is 23.2 Å². The van der Waals surface area contributed by atoms with Crippen LogP contribution in [0.1, 0.15) is 38.5 Å². The molecule has 1 saturated heterocycles. The van der Waals surface area contributed by atoms with Gasteiger partial charge in [0.25, 0.3) is 0 Å². The van der Waals surface area contributed by atoms with Crippen LogP contribution in [0.15, 0.2) is 0 Å². The Kier molecular flexibility index (Phi) is 3.95. The summed E-state index contributed by atoms with van der Waals surface area (Å²) >= 11 is 0. The van der Waals surface area contributed by atoms with E-state index in [-0.39, 0.29) is 18.1 Å². The van der Waals surface area contributed by atoms with Gasteiger partial charge in [0.2, 0.25) is 5.91 Å². The number of carbonyl (C=O) groups is 1. The zero-order chi connectivity index (χ0) is 14.1. The summed E-state index contributed by atoms with van der Waals surface area (Å²) in [6.45, 7) is 1.08. The van der Waals surface area contributed by atoms with Crippen molar-refractivity contribution in [3.63, 3.8) is 0 Å². The first kappa shape index (κ1) is 13.8. The van der Waals surface area contributed by atoms with E-state index in [0.717, 1.165) is 45.1 Å². The summed E-state index contributed by atoms with van der Waals surface area (Å²) in [6, 6.07) is 2.40. The largest absolute Gasteiger partial charge is 0.393 e. The van der Waals surface area contributed by atoms with E-state index in [4.69, 9.17) is 5.26 Å². The number of rotatable bonds is 3. The number of aliphatic hydroxyl groups is 1. The maximum Gasteiger partial charge on any atom is 0.237 e. The average Bonchev–Trinajstić information content (AvgIpc) is 3.08. The highest BCUT2D eigenvalue weighted by molar-refractivity contribution is 5.79. The molecule has 5 heteroatoms. The number of hydrogen-bond acceptors (Lipinski definition) is 4. The topological polar surface area (TPSA) is 76.4 Å². The molecule has 1 aliphatic heterocycles. The number of carbonyl (C=O) groups excluding carboxylic acids is 1. The van der Waals surface area contributed by atoms with E-state index < -0.39 is 0 Å². The fourth-order valence-electron chi connectivity index (χ4n) is 4.28. The first-order valence-corrected chi connectivity index (χ1v) is 7.78. The third kappa shape index (κ3) is 2.68. The smallest absolute Gasteiger partial charge is 0.237 e. The van der Waals surface area contributed by atoms with Crippen molar-refractivity contribution in [2.75, 3.05) is 13.1 Å². The first-order valence-electron chi connectivity index (χ1n) is 7.78.